The maximum Gasteiger partial charge on any atom is 0.163 e. The van der Waals surface area contributed by atoms with E-state index in [2.05, 4.69) is 49.4 Å². The number of aryl methyl sites for hydroxylation is 1. The number of ketones is 1. The number of Topliss-reactive ketones (excluding diaryl/α,β-unsaturated/α-hetero) is 1. The second-order valence-corrected chi connectivity index (χ2v) is 5.20. The fraction of sp³-hybridized carbons (Fsp3) is 0.278. The average Bonchev–Trinajstić information content (AvgIpc) is 2.48. The normalized spacial score (nSPS) is 18.2. The van der Waals surface area contributed by atoms with Crippen molar-refractivity contribution >= 4 is 5.78 Å². The first-order chi connectivity index (χ1) is 9.29. The first kappa shape index (κ1) is 12.2. The van der Waals surface area contributed by atoms with Crippen LogP contribution in [-0.2, 0) is 6.42 Å². The molecule has 1 nitrogen and oxygen atoms in total. The van der Waals surface area contributed by atoms with Crippen LogP contribution in [0.1, 0.15) is 52.7 Å². The zero-order chi connectivity index (χ0) is 13.2. The van der Waals surface area contributed by atoms with Gasteiger partial charge in [0.15, 0.2) is 5.78 Å². The van der Waals surface area contributed by atoms with E-state index in [1.54, 1.807) is 0 Å². The molecular weight excluding hydrogens is 232 g/mol. The molecule has 0 unspecified atom stereocenters. The fourth-order valence-electron chi connectivity index (χ4n) is 2.97. The van der Waals surface area contributed by atoms with Gasteiger partial charge in [0.25, 0.3) is 0 Å². The van der Waals surface area contributed by atoms with Gasteiger partial charge < -0.3 is 0 Å². The molecule has 96 valence electrons. The molecule has 0 spiro atoms. The fourth-order valence-corrected chi connectivity index (χ4v) is 2.97. The largest absolute Gasteiger partial charge is 0.294 e. The van der Waals surface area contributed by atoms with E-state index in [0.717, 1.165) is 18.4 Å². The SMILES string of the molecule is CCc1ccc2c(c1)C(=O)CC[C@H]2c1ccccc1. The van der Waals surface area contributed by atoms with E-state index in [1.807, 2.05) is 6.07 Å². The lowest BCUT2D eigenvalue weighted by Gasteiger charge is -2.25. The number of hydrogen-bond acceptors (Lipinski definition) is 1. The predicted molar refractivity (Wildman–Crippen MR) is 77.7 cm³/mol. The summed E-state index contributed by atoms with van der Waals surface area (Å²) < 4.78 is 0. The maximum absolute atomic E-state index is 12.1. The summed E-state index contributed by atoms with van der Waals surface area (Å²) in [5.74, 6) is 0.678. The van der Waals surface area contributed by atoms with Crippen molar-refractivity contribution in [1.29, 1.82) is 0 Å². The van der Waals surface area contributed by atoms with Crippen LogP contribution in [0.4, 0.5) is 0 Å². The molecule has 1 aliphatic carbocycles. The van der Waals surface area contributed by atoms with Crippen LogP contribution < -0.4 is 0 Å². The van der Waals surface area contributed by atoms with Crippen LogP contribution in [0.15, 0.2) is 48.5 Å². The van der Waals surface area contributed by atoms with Gasteiger partial charge in [-0.15, -0.1) is 0 Å². The van der Waals surface area contributed by atoms with Gasteiger partial charge in [-0.2, -0.15) is 0 Å². The lowest BCUT2D eigenvalue weighted by Crippen LogP contribution is -2.17. The van der Waals surface area contributed by atoms with Gasteiger partial charge >= 0.3 is 0 Å². The molecule has 0 saturated heterocycles. The molecule has 1 aliphatic rings. The van der Waals surface area contributed by atoms with Gasteiger partial charge in [0.2, 0.25) is 0 Å². The number of benzene rings is 2. The van der Waals surface area contributed by atoms with Crippen molar-refractivity contribution in [2.45, 2.75) is 32.1 Å². The second-order valence-electron chi connectivity index (χ2n) is 5.20. The van der Waals surface area contributed by atoms with Crippen molar-refractivity contribution in [2.75, 3.05) is 0 Å². The van der Waals surface area contributed by atoms with Crippen molar-refractivity contribution in [2.24, 2.45) is 0 Å². The third kappa shape index (κ3) is 2.21. The molecule has 0 saturated carbocycles. The highest BCUT2D eigenvalue weighted by Crippen LogP contribution is 2.36. The van der Waals surface area contributed by atoms with Crippen molar-refractivity contribution in [3.63, 3.8) is 0 Å². The number of rotatable bonds is 2. The summed E-state index contributed by atoms with van der Waals surface area (Å²) in [6, 6.07) is 16.9. The molecule has 0 heterocycles. The van der Waals surface area contributed by atoms with Crippen molar-refractivity contribution in [3.8, 4) is 0 Å². The quantitative estimate of drug-likeness (QED) is 0.774. The molecule has 2 aromatic rings. The summed E-state index contributed by atoms with van der Waals surface area (Å²) in [7, 11) is 0. The predicted octanol–water partition coefficient (Wildman–Crippen LogP) is 4.36. The maximum atomic E-state index is 12.1. The molecule has 0 bridgehead atoms. The van der Waals surface area contributed by atoms with Gasteiger partial charge in [-0.3, -0.25) is 4.79 Å². The molecule has 2 aromatic carbocycles. The average molecular weight is 250 g/mol. The Morgan fingerprint density at radius 1 is 1.11 bits per heavy atom. The highest BCUT2D eigenvalue weighted by Gasteiger charge is 2.26. The lowest BCUT2D eigenvalue weighted by atomic mass is 9.78. The van der Waals surface area contributed by atoms with Crippen LogP contribution in [-0.4, -0.2) is 5.78 Å². The summed E-state index contributed by atoms with van der Waals surface area (Å²) in [5, 5.41) is 0. The number of fused-ring (bicyclic) bond motifs is 1. The van der Waals surface area contributed by atoms with Gasteiger partial charge in [0, 0.05) is 17.9 Å². The third-order valence-electron chi connectivity index (χ3n) is 4.06. The minimum absolute atomic E-state index is 0.303. The second kappa shape index (κ2) is 5.00. The standard InChI is InChI=1S/C18H18O/c1-2-13-8-9-16-15(14-6-4-3-5-7-14)10-11-18(19)17(16)12-13/h3-9,12,15H,2,10-11H2,1H3/t15-/m0/s1. The van der Waals surface area contributed by atoms with E-state index < -0.39 is 0 Å². The monoisotopic (exact) mass is 250 g/mol. The van der Waals surface area contributed by atoms with Gasteiger partial charge in [0.05, 0.1) is 0 Å². The number of carbonyl (C=O) groups excluding carboxylic acids is 1. The van der Waals surface area contributed by atoms with Gasteiger partial charge in [-0.1, -0.05) is 49.4 Å². The van der Waals surface area contributed by atoms with E-state index in [9.17, 15) is 4.79 Å². The van der Waals surface area contributed by atoms with Crippen LogP contribution in [0.25, 0.3) is 0 Å². The van der Waals surface area contributed by atoms with Crippen molar-refractivity contribution in [3.05, 3.63) is 70.8 Å². The van der Waals surface area contributed by atoms with Crippen LogP contribution in [0, 0.1) is 0 Å². The van der Waals surface area contributed by atoms with Gasteiger partial charge in [-0.25, -0.2) is 0 Å². The zero-order valence-corrected chi connectivity index (χ0v) is 11.2. The number of carbonyl (C=O) groups is 1. The molecule has 0 fully saturated rings. The van der Waals surface area contributed by atoms with E-state index in [0.29, 0.717) is 18.1 Å². The summed E-state index contributed by atoms with van der Waals surface area (Å²) in [5.41, 5.74) is 4.72. The van der Waals surface area contributed by atoms with Gasteiger partial charge in [-0.05, 0) is 35.6 Å². The molecule has 19 heavy (non-hydrogen) atoms. The summed E-state index contributed by atoms with van der Waals surface area (Å²) in [4.78, 5) is 12.1. The summed E-state index contributed by atoms with van der Waals surface area (Å²) in [6.45, 7) is 2.13. The van der Waals surface area contributed by atoms with E-state index in [1.165, 1.54) is 16.7 Å². The minimum atomic E-state index is 0.303. The van der Waals surface area contributed by atoms with Crippen LogP contribution in [0.2, 0.25) is 0 Å². The molecule has 0 radical (unpaired) electrons. The molecular formula is C18H18O. The topological polar surface area (TPSA) is 17.1 Å². The van der Waals surface area contributed by atoms with E-state index in [4.69, 9.17) is 0 Å². The Morgan fingerprint density at radius 3 is 2.63 bits per heavy atom. The summed E-state index contributed by atoms with van der Waals surface area (Å²) >= 11 is 0. The van der Waals surface area contributed by atoms with E-state index >= 15 is 0 Å². The van der Waals surface area contributed by atoms with Crippen LogP contribution >= 0.6 is 0 Å². The molecule has 1 atom stereocenters. The van der Waals surface area contributed by atoms with E-state index in [-0.39, 0.29) is 0 Å². The number of hydrogen-bond donors (Lipinski definition) is 0. The Bertz CT molecular complexity index is 598. The van der Waals surface area contributed by atoms with Crippen molar-refractivity contribution in [1.82, 2.24) is 0 Å². The third-order valence-corrected chi connectivity index (χ3v) is 4.06. The zero-order valence-electron chi connectivity index (χ0n) is 11.2. The molecule has 0 amide bonds. The molecule has 0 N–H and O–H groups in total. The Morgan fingerprint density at radius 2 is 1.89 bits per heavy atom. The smallest absolute Gasteiger partial charge is 0.163 e. The Hall–Kier alpha value is -1.89. The molecule has 0 aliphatic heterocycles. The first-order valence-corrected chi connectivity index (χ1v) is 7.00. The van der Waals surface area contributed by atoms with Crippen LogP contribution in [0.5, 0.6) is 0 Å². The highest BCUT2D eigenvalue weighted by molar-refractivity contribution is 5.99. The Kier molecular flexibility index (Phi) is 3.20. The van der Waals surface area contributed by atoms with Crippen molar-refractivity contribution < 1.29 is 4.79 Å². The highest BCUT2D eigenvalue weighted by atomic mass is 16.1. The first-order valence-electron chi connectivity index (χ1n) is 7.00. The molecule has 3 rings (SSSR count). The Labute approximate surface area is 114 Å². The molecule has 0 aromatic heterocycles. The molecule has 1 heteroatoms. The minimum Gasteiger partial charge on any atom is -0.294 e. The van der Waals surface area contributed by atoms with Crippen LogP contribution in [0.3, 0.4) is 0 Å². The Balaban J connectivity index is 2.08. The lowest BCUT2D eigenvalue weighted by molar-refractivity contribution is 0.0969. The van der Waals surface area contributed by atoms with Gasteiger partial charge in [0.1, 0.15) is 0 Å². The summed E-state index contributed by atoms with van der Waals surface area (Å²) in [6.07, 6.45) is 2.58.